The highest BCUT2D eigenvalue weighted by Gasteiger charge is 2.17. The van der Waals surface area contributed by atoms with Crippen LogP contribution in [0.4, 0.5) is 0 Å². The van der Waals surface area contributed by atoms with Crippen LogP contribution >= 0.6 is 0 Å². The molecule has 0 aliphatic carbocycles. The lowest BCUT2D eigenvalue weighted by atomic mass is 9.95. The predicted molar refractivity (Wildman–Crippen MR) is 103 cm³/mol. The van der Waals surface area contributed by atoms with Gasteiger partial charge in [-0.2, -0.15) is 0 Å². The molecule has 0 radical (unpaired) electrons. The summed E-state index contributed by atoms with van der Waals surface area (Å²) < 4.78 is 0. The summed E-state index contributed by atoms with van der Waals surface area (Å²) in [6.45, 7) is 6.05. The van der Waals surface area contributed by atoms with Crippen molar-refractivity contribution < 1.29 is 4.79 Å². The average Bonchev–Trinajstić information content (AvgIpc) is 2.54. The number of carbonyl (C=O) groups is 1. The molecule has 0 aromatic rings. The summed E-state index contributed by atoms with van der Waals surface area (Å²) in [6.07, 6.45) is 20.1. The van der Waals surface area contributed by atoms with E-state index in [1.54, 1.807) is 4.90 Å². The molecule has 2 heteroatoms. The Balaban J connectivity index is 3.46. The van der Waals surface area contributed by atoms with Gasteiger partial charge in [0.15, 0.2) is 0 Å². The number of rotatable bonds is 16. The minimum absolute atomic E-state index is 0.144. The van der Waals surface area contributed by atoms with Crippen LogP contribution in [0.2, 0.25) is 0 Å². The fraction of sp³-hybridized carbons (Fsp3) is 0.857. The first-order chi connectivity index (χ1) is 11.1. The number of unbranched alkanes of at least 4 members (excludes halogenated alkanes) is 11. The maximum absolute atomic E-state index is 12.0. The van der Waals surface area contributed by atoms with Crippen LogP contribution in [0.5, 0.6) is 0 Å². The zero-order valence-electron chi connectivity index (χ0n) is 16.1. The molecule has 0 aromatic heterocycles. The van der Waals surface area contributed by atoms with Crippen LogP contribution < -0.4 is 0 Å². The van der Waals surface area contributed by atoms with Gasteiger partial charge in [-0.15, -0.1) is 6.58 Å². The summed E-state index contributed by atoms with van der Waals surface area (Å²) in [5.41, 5.74) is 0. The molecule has 0 spiro atoms. The molecule has 0 N–H and O–H groups in total. The molecule has 136 valence electrons. The number of nitrogens with zero attached hydrogens (tertiary/aromatic N) is 1. The second-order valence-corrected chi connectivity index (χ2v) is 7.13. The molecule has 1 amide bonds. The third kappa shape index (κ3) is 13.4. The summed E-state index contributed by atoms with van der Waals surface area (Å²) in [4.78, 5) is 13.8. The maximum Gasteiger partial charge on any atom is 0.225 e. The van der Waals surface area contributed by atoms with E-state index in [4.69, 9.17) is 0 Å². The molecule has 0 aliphatic rings. The molecule has 23 heavy (non-hydrogen) atoms. The van der Waals surface area contributed by atoms with Gasteiger partial charge in [0.25, 0.3) is 0 Å². The van der Waals surface area contributed by atoms with Crippen LogP contribution in [-0.4, -0.2) is 24.9 Å². The highest BCUT2D eigenvalue weighted by Crippen LogP contribution is 2.18. The van der Waals surface area contributed by atoms with E-state index in [9.17, 15) is 4.79 Å². The van der Waals surface area contributed by atoms with Gasteiger partial charge in [0.2, 0.25) is 5.91 Å². The minimum atomic E-state index is 0.144. The van der Waals surface area contributed by atoms with Crippen molar-refractivity contribution in [2.75, 3.05) is 14.1 Å². The lowest BCUT2D eigenvalue weighted by Gasteiger charge is -2.19. The number of hydrogen-bond acceptors (Lipinski definition) is 1. The first kappa shape index (κ1) is 22.2. The van der Waals surface area contributed by atoms with E-state index in [0.29, 0.717) is 0 Å². The molecule has 2 nitrogen and oxygen atoms in total. The maximum atomic E-state index is 12.0. The normalized spacial score (nSPS) is 12.1. The second kappa shape index (κ2) is 16.1. The molecule has 0 bridgehead atoms. The van der Waals surface area contributed by atoms with Gasteiger partial charge < -0.3 is 4.90 Å². The molecule has 0 heterocycles. The molecule has 1 unspecified atom stereocenters. The predicted octanol–water partition coefficient (Wildman–Crippen LogP) is 6.36. The molecular weight excluding hydrogens is 282 g/mol. The fourth-order valence-corrected chi connectivity index (χ4v) is 3.14. The summed E-state index contributed by atoms with van der Waals surface area (Å²) in [7, 11) is 3.70. The van der Waals surface area contributed by atoms with Gasteiger partial charge in [-0.1, -0.05) is 90.0 Å². The van der Waals surface area contributed by atoms with Gasteiger partial charge >= 0.3 is 0 Å². The van der Waals surface area contributed by atoms with Crippen molar-refractivity contribution in [2.24, 2.45) is 5.92 Å². The molecule has 0 fully saturated rings. The van der Waals surface area contributed by atoms with E-state index >= 15 is 0 Å². The Bertz CT molecular complexity index is 286. The number of carbonyl (C=O) groups excluding carboxylic acids is 1. The van der Waals surface area contributed by atoms with Crippen molar-refractivity contribution in [3.05, 3.63) is 12.7 Å². The zero-order chi connectivity index (χ0) is 17.3. The monoisotopic (exact) mass is 323 g/mol. The van der Waals surface area contributed by atoms with Crippen molar-refractivity contribution in [3.63, 3.8) is 0 Å². The van der Waals surface area contributed by atoms with Crippen molar-refractivity contribution in [3.8, 4) is 0 Å². The van der Waals surface area contributed by atoms with Gasteiger partial charge in [-0.25, -0.2) is 0 Å². The number of hydrogen-bond donors (Lipinski definition) is 0. The fourth-order valence-electron chi connectivity index (χ4n) is 3.14. The van der Waals surface area contributed by atoms with Gasteiger partial charge in [-0.3, -0.25) is 4.79 Å². The second-order valence-electron chi connectivity index (χ2n) is 7.13. The van der Waals surface area contributed by atoms with Crippen molar-refractivity contribution in [1.82, 2.24) is 4.90 Å². The lowest BCUT2D eigenvalue weighted by molar-refractivity contribution is -0.133. The highest BCUT2D eigenvalue weighted by molar-refractivity contribution is 5.78. The van der Waals surface area contributed by atoms with Gasteiger partial charge in [0, 0.05) is 20.0 Å². The Morgan fingerprint density at radius 1 is 0.870 bits per heavy atom. The third-order valence-corrected chi connectivity index (χ3v) is 4.65. The Kier molecular flexibility index (Phi) is 15.5. The van der Waals surface area contributed by atoms with Gasteiger partial charge in [-0.05, 0) is 12.8 Å². The minimum Gasteiger partial charge on any atom is -0.349 e. The standard InChI is InChI=1S/C21H41NO/c1-5-7-8-9-10-11-12-13-14-15-16-17-19-20(18-6-2)21(23)22(3)4/h6,20H,2,5,7-19H2,1,3-4H3. The van der Waals surface area contributed by atoms with Crippen molar-refractivity contribution in [2.45, 2.75) is 96.8 Å². The van der Waals surface area contributed by atoms with E-state index < -0.39 is 0 Å². The zero-order valence-corrected chi connectivity index (χ0v) is 16.1. The Labute approximate surface area is 145 Å². The highest BCUT2D eigenvalue weighted by atomic mass is 16.2. The van der Waals surface area contributed by atoms with Gasteiger partial charge in [0.1, 0.15) is 0 Å². The SMILES string of the molecule is C=CCC(CCCCCCCCCCCCCC)C(=O)N(C)C. The quantitative estimate of drug-likeness (QED) is 0.239. The topological polar surface area (TPSA) is 20.3 Å². The van der Waals surface area contributed by atoms with Crippen LogP contribution in [0.15, 0.2) is 12.7 Å². The first-order valence-corrected chi connectivity index (χ1v) is 9.95. The lowest BCUT2D eigenvalue weighted by Crippen LogP contribution is -2.29. The molecule has 0 saturated heterocycles. The summed E-state index contributed by atoms with van der Waals surface area (Å²) in [5, 5.41) is 0. The smallest absolute Gasteiger partial charge is 0.225 e. The average molecular weight is 324 g/mol. The largest absolute Gasteiger partial charge is 0.349 e. The first-order valence-electron chi connectivity index (χ1n) is 9.95. The van der Waals surface area contributed by atoms with Crippen LogP contribution in [-0.2, 0) is 4.79 Å². The summed E-state index contributed by atoms with van der Waals surface area (Å²) in [6, 6.07) is 0. The van der Waals surface area contributed by atoms with E-state index in [1.165, 1.54) is 77.0 Å². The van der Waals surface area contributed by atoms with Crippen LogP contribution in [0, 0.1) is 5.92 Å². The molecular formula is C21H41NO. The number of amides is 1. The van der Waals surface area contributed by atoms with Crippen molar-refractivity contribution >= 4 is 5.91 Å². The van der Waals surface area contributed by atoms with E-state index in [-0.39, 0.29) is 11.8 Å². The van der Waals surface area contributed by atoms with Crippen LogP contribution in [0.3, 0.4) is 0 Å². The molecule has 0 aliphatic heterocycles. The summed E-state index contributed by atoms with van der Waals surface area (Å²) >= 11 is 0. The van der Waals surface area contributed by atoms with Crippen molar-refractivity contribution in [1.29, 1.82) is 0 Å². The van der Waals surface area contributed by atoms with Crippen LogP contribution in [0.1, 0.15) is 96.8 Å². The Morgan fingerprint density at radius 3 is 1.70 bits per heavy atom. The molecule has 0 saturated carbocycles. The summed E-state index contributed by atoms with van der Waals surface area (Å²) in [5.74, 6) is 0.401. The van der Waals surface area contributed by atoms with Crippen LogP contribution in [0.25, 0.3) is 0 Å². The molecule has 0 rings (SSSR count). The van der Waals surface area contributed by atoms with E-state index in [1.807, 2.05) is 20.2 Å². The van der Waals surface area contributed by atoms with Gasteiger partial charge in [0.05, 0.1) is 0 Å². The number of allylic oxidation sites excluding steroid dienone is 1. The van der Waals surface area contributed by atoms with E-state index in [2.05, 4.69) is 13.5 Å². The Morgan fingerprint density at radius 2 is 1.30 bits per heavy atom. The third-order valence-electron chi connectivity index (χ3n) is 4.65. The molecule has 1 atom stereocenters. The Hall–Kier alpha value is -0.790. The van der Waals surface area contributed by atoms with E-state index in [0.717, 1.165) is 12.8 Å². The molecule has 0 aromatic carbocycles.